The minimum atomic E-state index is -0.948. The number of benzene rings is 1. The van der Waals surface area contributed by atoms with Gasteiger partial charge in [0.15, 0.2) is 0 Å². The molecule has 2 rings (SSSR count). The molecule has 0 aliphatic rings. The smallest absolute Gasteiger partial charge is 0.336 e. The Bertz CT molecular complexity index is 535. The Morgan fingerprint density at radius 1 is 1.24 bits per heavy atom. The van der Waals surface area contributed by atoms with Gasteiger partial charge in [0.25, 0.3) is 0 Å². The van der Waals surface area contributed by atoms with Gasteiger partial charge in [-0.15, -0.1) is 0 Å². The Hall–Kier alpha value is -2.36. The zero-order chi connectivity index (χ0) is 12.3. The van der Waals surface area contributed by atoms with Crippen LogP contribution in [0.25, 0.3) is 11.1 Å². The van der Waals surface area contributed by atoms with Crippen molar-refractivity contribution < 1.29 is 14.6 Å². The molecule has 17 heavy (non-hydrogen) atoms. The van der Waals surface area contributed by atoms with Crippen LogP contribution in [0.3, 0.4) is 0 Å². The Balaban J connectivity index is 2.48. The molecule has 0 spiro atoms. The standard InChI is InChI=1S/C13H11NO3/c1-17-12-7-6-9(8-14-12)10-4-2-3-5-11(10)13(15)16/h2-8H,1H3,(H,15,16). The number of methoxy groups -OCH3 is 1. The lowest BCUT2D eigenvalue weighted by molar-refractivity contribution is 0.0697. The molecule has 0 radical (unpaired) electrons. The molecule has 0 aliphatic heterocycles. The fourth-order valence-electron chi connectivity index (χ4n) is 1.58. The molecule has 0 saturated carbocycles. The molecular formula is C13H11NO3. The van der Waals surface area contributed by atoms with Crippen molar-refractivity contribution in [3.05, 3.63) is 48.2 Å². The Morgan fingerprint density at radius 3 is 2.59 bits per heavy atom. The van der Waals surface area contributed by atoms with Gasteiger partial charge in [-0.05, 0) is 17.7 Å². The summed E-state index contributed by atoms with van der Waals surface area (Å²) in [4.78, 5) is 15.1. The Morgan fingerprint density at radius 2 is 2.00 bits per heavy atom. The van der Waals surface area contributed by atoms with E-state index in [0.717, 1.165) is 5.56 Å². The second-order valence-electron chi connectivity index (χ2n) is 3.44. The van der Waals surface area contributed by atoms with Crippen LogP contribution in [0.5, 0.6) is 5.88 Å². The van der Waals surface area contributed by atoms with Crippen LogP contribution in [-0.2, 0) is 0 Å². The van der Waals surface area contributed by atoms with Crippen LogP contribution in [0.4, 0.5) is 0 Å². The van der Waals surface area contributed by atoms with E-state index in [2.05, 4.69) is 4.98 Å². The van der Waals surface area contributed by atoms with E-state index in [-0.39, 0.29) is 5.56 Å². The number of ether oxygens (including phenoxy) is 1. The lowest BCUT2D eigenvalue weighted by Gasteiger charge is -2.06. The number of carboxylic acid groups (broad SMARTS) is 1. The minimum Gasteiger partial charge on any atom is -0.481 e. The molecule has 86 valence electrons. The number of carboxylic acids is 1. The van der Waals surface area contributed by atoms with Gasteiger partial charge in [0.05, 0.1) is 12.7 Å². The zero-order valence-electron chi connectivity index (χ0n) is 9.25. The Kier molecular flexibility index (Phi) is 3.05. The van der Waals surface area contributed by atoms with Gasteiger partial charge in [0, 0.05) is 17.8 Å². The van der Waals surface area contributed by atoms with Crippen molar-refractivity contribution in [1.82, 2.24) is 4.98 Å². The fraction of sp³-hybridized carbons (Fsp3) is 0.0769. The molecule has 4 nitrogen and oxygen atoms in total. The van der Waals surface area contributed by atoms with E-state index in [9.17, 15) is 4.79 Å². The second-order valence-corrected chi connectivity index (χ2v) is 3.44. The van der Waals surface area contributed by atoms with Gasteiger partial charge in [-0.25, -0.2) is 9.78 Å². The zero-order valence-corrected chi connectivity index (χ0v) is 9.25. The summed E-state index contributed by atoms with van der Waals surface area (Å²) in [6.07, 6.45) is 1.60. The molecule has 1 heterocycles. The van der Waals surface area contributed by atoms with E-state index in [4.69, 9.17) is 9.84 Å². The third-order valence-corrected chi connectivity index (χ3v) is 2.41. The average Bonchev–Trinajstić information content (AvgIpc) is 2.39. The van der Waals surface area contributed by atoms with Crippen molar-refractivity contribution in [3.63, 3.8) is 0 Å². The minimum absolute atomic E-state index is 0.263. The van der Waals surface area contributed by atoms with Crippen molar-refractivity contribution >= 4 is 5.97 Å². The summed E-state index contributed by atoms with van der Waals surface area (Å²) < 4.78 is 4.96. The third-order valence-electron chi connectivity index (χ3n) is 2.41. The van der Waals surface area contributed by atoms with Crippen molar-refractivity contribution in [1.29, 1.82) is 0 Å². The third kappa shape index (κ3) is 2.25. The molecule has 0 fully saturated rings. The predicted octanol–water partition coefficient (Wildman–Crippen LogP) is 2.46. The van der Waals surface area contributed by atoms with Crippen LogP contribution in [0.15, 0.2) is 42.6 Å². The summed E-state index contributed by atoms with van der Waals surface area (Å²) in [5.74, 6) is -0.446. The van der Waals surface area contributed by atoms with Crippen LogP contribution in [0.2, 0.25) is 0 Å². The predicted molar refractivity (Wildman–Crippen MR) is 63.2 cm³/mol. The van der Waals surface area contributed by atoms with Crippen LogP contribution in [0, 0.1) is 0 Å². The van der Waals surface area contributed by atoms with E-state index in [1.165, 1.54) is 7.11 Å². The van der Waals surface area contributed by atoms with E-state index in [1.807, 2.05) is 0 Å². The topological polar surface area (TPSA) is 59.4 Å². The first-order chi connectivity index (χ1) is 8.22. The maximum Gasteiger partial charge on any atom is 0.336 e. The van der Waals surface area contributed by atoms with Crippen molar-refractivity contribution in [2.24, 2.45) is 0 Å². The summed E-state index contributed by atoms with van der Waals surface area (Å²) in [6.45, 7) is 0. The number of hydrogen-bond acceptors (Lipinski definition) is 3. The highest BCUT2D eigenvalue weighted by Crippen LogP contribution is 2.24. The first-order valence-corrected chi connectivity index (χ1v) is 5.05. The van der Waals surface area contributed by atoms with Crippen LogP contribution in [-0.4, -0.2) is 23.2 Å². The number of hydrogen-bond donors (Lipinski definition) is 1. The summed E-state index contributed by atoms with van der Waals surface area (Å²) in [5.41, 5.74) is 1.67. The molecule has 0 amide bonds. The second kappa shape index (κ2) is 4.65. The van der Waals surface area contributed by atoms with E-state index < -0.39 is 5.97 Å². The van der Waals surface area contributed by atoms with Gasteiger partial charge in [-0.3, -0.25) is 0 Å². The SMILES string of the molecule is COc1ccc(-c2ccccc2C(=O)O)cn1. The van der Waals surface area contributed by atoms with E-state index in [0.29, 0.717) is 11.4 Å². The van der Waals surface area contributed by atoms with Crippen molar-refractivity contribution in [2.45, 2.75) is 0 Å². The normalized spacial score (nSPS) is 9.94. The first kappa shape index (κ1) is 11.1. The molecule has 0 atom stereocenters. The van der Waals surface area contributed by atoms with Crippen LogP contribution in [0.1, 0.15) is 10.4 Å². The van der Waals surface area contributed by atoms with Crippen LogP contribution >= 0.6 is 0 Å². The number of rotatable bonds is 3. The molecule has 1 aromatic carbocycles. The average molecular weight is 229 g/mol. The number of aromatic carboxylic acids is 1. The molecule has 2 aromatic rings. The highest BCUT2D eigenvalue weighted by molar-refractivity contribution is 5.95. The monoisotopic (exact) mass is 229 g/mol. The quantitative estimate of drug-likeness (QED) is 0.878. The molecular weight excluding hydrogens is 218 g/mol. The lowest BCUT2D eigenvalue weighted by atomic mass is 10.0. The van der Waals surface area contributed by atoms with E-state index >= 15 is 0 Å². The van der Waals surface area contributed by atoms with Crippen LogP contribution < -0.4 is 4.74 Å². The highest BCUT2D eigenvalue weighted by atomic mass is 16.5. The van der Waals surface area contributed by atoms with Gasteiger partial charge < -0.3 is 9.84 Å². The maximum absolute atomic E-state index is 11.1. The number of aromatic nitrogens is 1. The first-order valence-electron chi connectivity index (χ1n) is 5.05. The highest BCUT2D eigenvalue weighted by Gasteiger charge is 2.10. The van der Waals surface area contributed by atoms with E-state index in [1.54, 1.807) is 42.6 Å². The lowest BCUT2D eigenvalue weighted by Crippen LogP contribution is -1.99. The number of carbonyl (C=O) groups is 1. The molecule has 1 N–H and O–H groups in total. The molecule has 4 heteroatoms. The molecule has 0 aliphatic carbocycles. The summed E-state index contributed by atoms with van der Waals surface area (Å²) in [5, 5.41) is 9.08. The Labute approximate surface area is 98.5 Å². The maximum atomic E-state index is 11.1. The molecule has 1 aromatic heterocycles. The van der Waals surface area contributed by atoms with Gasteiger partial charge in [0.1, 0.15) is 0 Å². The fourth-order valence-corrected chi connectivity index (χ4v) is 1.58. The van der Waals surface area contributed by atoms with Gasteiger partial charge in [-0.2, -0.15) is 0 Å². The molecule has 0 bridgehead atoms. The number of nitrogens with zero attached hydrogens (tertiary/aromatic N) is 1. The molecule has 0 saturated heterocycles. The van der Waals surface area contributed by atoms with Gasteiger partial charge in [0.2, 0.25) is 5.88 Å². The number of pyridine rings is 1. The molecule has 0 unspecified atom stereocenters. The summed E-state index contributed by atoms with van der Waals surface area (Å²) in [6, 6.07) is 10.3. The summed E-state index contributed by atoms with van der Waals surface area (Å²) >= 11 is 0. The summed E-state index contributed by atoms with van der Waals surface area (Å²) in [7, 11) is 1.53. The van der Waals surface area contributed by atoms with Gasteiger partial charge >= 0.3 is 5.97 Å². The largest absolute Gasteiger partial charge is 0.481 e. The van der Waals surface area contributed by atoms with Crippen molar-refractivity contribution in [3.8, 4) is 17.0 Å². The van der Waals surface area contributed by atoms with Crippen molar-refractivity contribution in [2.75, 3.05) is 7.11 Å². The van der Waals surface area contributed by atoms with Gasteiger partial charge in [-0.1, -0.05) is 18.2 Å².